The molecule has 0 spiro atoms. The van der Waals surface area contributed by atoms with Crippen LogP contribution in [0.15, 0.2) is 103 Å². The van der Waals surface area contributed by atoms with Crippen molar-refractivity contribution in [2.75, 3.05) is 13.2 Å². The van der Waals surface area contributed by atoms with Crippen molar-refractivity contribution in [3.05, 3.63) is 109 Å². The molecule has 0 amide bonds. The fourth-order valence-electron chi connectivity index (χ4n) is 4.90. The van der Waals surface area contributed by atoms with E-state index in [2.05, 4.69) is 69.3 Å². The molecule has 0 aromatic heterocycles. The molecule has 0 aliphatic rings. The summed E-state index contributed by atoms with van der Waals surface area (Å²) in [7, 11) is -2.65. The van der Waals surface area contributed by atoms with E-state index in [4.69, 9.17) is 14.3 Å². The Bertz CT molecular complexity index is 1010. The van der Waals surface area contributed by atoms with Gasteiger partial charge in [0.15, 0.2) is 0 Å². The summed E-state index contributed by atoms with van der Waals surface area (Å²) in [6.45, 7) is 7.68. The fraction of sp³-hybridized carbons (Fsp3) is 0.375. The van der Waals surface area contributed by atoms with Crippen LogP contribution in [0.1, 0.15) is 45.6 Å². The summed E-state index contributed by atoms with van der Waals surface area (Å²) in [5.41, 5.74) is 1.08. The van der Waals surface area contributed by atoms with Gasteiger partial charge in [-0.25, -0.2) is 0 Å². The second-order valence-corrected chi connectivity index (χ2v) is 14.7. The van der Waals surface area contributed by atoms with Gasteiger partial charge in [0.2, 0.25) is 0 Å². The van der Waals surface area contributed by atoms with E-state index >= 15 is 0 Å². The van der Waals surface area contributed by atoms with Crippen molar-refractivity contribution in [3.63, 3.8) is 0 Å². The van der Waals surface area contributed by atoms with Gasteiger partial charge >= 0.3 is 0 Å². The molecule has 3 aromatic carbocycles. The van der Waals surface area contributed by atoms with Crippen molar-refractivity contribution in [1.29, 1.82) is 0 Å². The van der Waals surface area contributed by atoms with Crippen LogP contribution in [0.3, 0.4) is 0 Å². The first kappa shape index (κ1) is 29.0. The molecule has 2 N–H and O–H groups in total. The van der Waals surface area contributed by atoms with Crippen molar-refractivity contribution < 1.29 is 19.4 Å². The average Bonchev–Trinajstić information content (AvgIpc) is 2.91. The molecule has 198 valence electrons. The van der Waals surface area contributed by atoms with Crippen LogP contribution >= 0.6 is 0 Å². The Morgan fingerprint density at radius 1 is 0.784 bits per heavy atom. The highest BCUT2D eigenvalue weighted by Crippen LogP contribution is 2.37. The molecule has 0 bridgehead atoms. The summed E-state index contributed by atoms with van der Waals surface area (Å²) in [4.78, 5) is 0. The number of allylic oxidation sites excluding steroid dienone is 1. The molecule has 5 heteroatoms. The van der Waals surface area contributed by atoms with Crippen molar-refractivity contribution in [1.82, 2.24) is 0 Å². The lowest BCUT2D eigenvalue weighted by molar-refractivity contribution is -0.0558. The van der Waals surface area contributed by atoms with Crippen LogP contribution in [0.4, 0.5) is 0 Å². The zero-order valence-corrected chi connectivity index (χ0v) is 23.4. The molecule has 0 unspecified atom stereocenters. The topological polar surface area (TPSA) is 58.9 Å². The van der Waals surface area contributed by atoms with Gasteiger partial charge in [-0.3, -0.25) is 0 Å². The number of ether oxygens (including phenoxy) is 1. The van der Waals surface area contributed by atoms with Crippen LogP contribution in [0, 0.1) is 0 Å². The largest absolute Gasteiger partial charge is 0.407 e. The normalized spacial score (nSPS) is 14.1. The van der Waals surface area contributed by atoms with E-state index in [0.29, 0.717) is 26.1 Å². The van der Waals surface area contributed by atoms with E-state index in [9.17, 15) is 5.11 Å². The van der Waals surface area contributed by atoms with Gasteiger partial charge in [-0.05, 0) is 40.2 Å². The predicted molar refractivity (Wildman–Crippen MR) is 155 cm³/mol. The molecule has 0 saturated heterocycles. The van der Waals surface area contributed by atoms with Gasteiger partial charge in [0.25, 0.3) is 8.32 Å². The Balaban J connectivity index is 1.77. The maximum atomic E-state index is 11.2. The van der Waals surface area contributed by atoms with Crippen molar-refractivity contribution >= 4 is 18.7 Å². The van der Waals surface area contributed by atoms with Crippen molar-refractivity contribution in [2.45, 2.75) is 63.9 Å². The third-order valence-electron chi connectivity index (χ3n) is 6.77. The van der Waals surface area contributed by atoms with E-state index in [1.807, 2.05) is 48.5 Å². The average molecular weight is 519 g/mol. The fourth-order valence-corrected chi connectivity index (χ4v) is 9.48. The summed E-state index contributed by atoms with van der Waals surface area (Å²) in [6, 6.07) is 31.2. The van der Waals surface area contributed by atoms with Crippen molar-refractivity contribution in [2.24, 2.45) is 0 Å². The minimum Gasteiger partial charge on any atom is -0.407 e. The summed E-state index contributed by atoms with van der Waals surface area (Å²) < 4.78 is 13.2. The minimum atomic E-state index is -2.65. The molecular formula is C32H42O4Si. The van der Waals surface area contributed by atoms with E-state index in [1.165, 1.54) is 10.4 Å². The number of aliphatic hydroxyl groups excluding tert-OH is 2. The zero-order valence-electron chi connectivity index (χ0n) is 22.4. The number of aliphatic hydroxyl groups is 2. The molecule has 0 aliphatic carbocycles. The molecule has 2 atom stereocenters. The Kier molecular flexibility index (Phi) is 11.3. The summed E-state index contributed by atoms with van der Waals surface area (Å²) in [5.74, 6) is 0. The second kappa shape index (κ2) is 14.4. The van der Waals surface area contributed by atoms with Crippen LogP contribution < -0.4 is 10.4 Å². The smallest absolute Gasteiger partial charge is 0.261 e. The third-order valence-corrected chi connectivity index (χ3v) is 11.8. The Labute approximate surface area is 223 Å². The first-order chi connectivity index (χ1) is 17.9. The number of benzene rings is 3. The van der Waals surface area contributed by atoms with Gasteiger partial charge in [0.1, 0.15) is 0 Å². The lowest BCUT2D eigenvalue weighted by atomic mass is 10.1. The van der Waals surface area contributed by atoms with Crippen LogP contribution in [0.25, 0.3) is 0 Å². The number of hydrogen-bond donors (Lipinski definition) is 2. The van der Waals surface area contributed by atoms with Crippen LogP contribution in [-0.4, -0.2) is 44.0 Å². The van der Waals surface area contributed by atoms with E-state index in [0.717, 1.165) is 12.0 Å². The summed E-state index contributed by atoms with van der Waals surface area (Å²) in [5, 5.41) is 22.6. The van der Waals surface area contributed by atoms with Gasteiger partial charge < -0.3 is 19.4 Å². The van der Waals surface area contributed by atoms with Gasteiger partial charge in [-0.1, -0.05) is 124 Å². The maximum Gasteiger partial charge on any atom is 0.261 e. The third kappa shape index (κ3) is 7.97. The van der Waals surface area contributed by atoms with E-state index in [-0.39, 0.29) is 17.7 Å². The first-order valence-electron chi connectivity index (χ1n) is 13.2. The molecule has 0 aliphatic heterocycles. The molecular weight excluding hydrogens is 476 g/mol. The molecule has 0 saturated carbocycles. The molecule has 0 heterocycles. The SMILES string of the molecule is CC(C)(C)[Si](OCC[C@@H](O)[C@H](CC/C=C/CO)OCc1ccccc1)(c1ccccc1)c1ccccc1. The summed E-state index contributed by atoms with van der Waals surface area (Å²) in [6.07, 6.45) is 4.55. The minimum absolute atomic E-state index is 0.0183. The quantitative estimate of drug-likeness (QED) is 0.227. The molecule has 4 nitrogen and oxygen atoms in total. The van der Waals surface area contributed by atoms with Crippen LogP contribution in [-0.2, 0) is 15.8 Å². The molecule has 3 rings (SSSR count). The number of rotatable bonds is 14. The zero-order chi connectivity index (χ0) is 26.6. The van der Waals surface area contributed by atoms with E-state index < -0.39 is 14.4 Å². The Morgan fingerprint density at radius 2 is 1.32 bits per heavy atom. The first-order valence-corrected chi connectivity index (χ1v) is 15.1. The van der Waals surface area contributed by atoms with E-state index in [1.54, 1.807) is 6.08 Å². The van der Waals surface area contributed by atoms with Crippen molar-refractivity contribution in [3.8, 4) is 0 Å². The van der Waals surface area contributed by atoms with Gasteiger partial charge in [0, 0.05) is 6.61 Å². The molecule has 3 aromatic rings. The van der Waals surface area contributed by atoms with Crippen LogP contribution in [0.5, 0.6) is 0 Å². The standard InChI is InChI=1S/C32H42O4Si/c1-32(2,3)37(28-18-10-5-11-19-28,29-20-12-6-13-21-29)36-25-23-30(34)31(22-14-7-15-24-33)35-26-27-16-8-4-9-17-27/h4-13,15-21,30-31,33-34H,14,22-26H2,1-3H3/b15-7+/t30-,31+/m1/s1. The molecule has 37 heavy (non-hydrogen) atoms. The Morgan fingerprint density at radius 3 is 1.84 bits per heavy atom. The monoisotopic (exact) mass is 518 g/mol. The second-order valence-electron chi connectivity index (χ2n) is 10.4. The van der Waals surface area contributed by atoms with Gasteiger partial charge in [-0.2, -0.15) is 0 Å². The Hall–Kier alpha value is -2.54. The van der Waals surface area contributed by atoms with Gasteiger partial charge in [0.05, 0.1) is 25.4 Å². The highest BCUT2D eigenvalue weighted by molar-refractivity contribution is 6.99. The van der Waals surface area contributed by atoms with Gasteiger partial charge in [-0.15, -0.1) is 0 Å². The lowest BCUT2D eigenvalue weighted by Gasteiger charge is -2.43. The predicted octanol–water partition coefficient (Wildman–Crippen LogP) is 5.23. The number of hydrogen-bond acceptors (Lipinski definition) is 4. The molecule has 0 fully saturated rings. The van der Waals surface area contributed by atoms with Crippen LogP contribution in [0.2, 0.25) is 5.04 Å². The summed E-state index contributed by atoms with van der Waals surface area (Å²) >= 11 is 0. The highest BCUT2D eigenvalue weighted by Gasteiger charge is 2.50. The molecule has 0 radical (unpaired) electrons. The highest BCUT2D eigenvalue weighted by atomic mass is 28.4. The lowest BCUT2D eigenvalue weighted by Crippen LogP contribution is -2.66. The maximum absolute atomic E-state index is 11.2.